The third-order valence-corrected chi connectivity index (χ3v) is 3.49. The normalized spacial score (nSPS) is 12.1. The minimum absolute atomic E-state index is 0.901. The average molecular weight is 285 g/mol. The number of hydrogen-bond acceptors (Lipinski definition) is 1. The fourth-order valence-corrected chi connectivity index (χ4v) is 2.39. The topological polar surface area (TPSA) is 3.24 Å². The van der Waals surface area contributed by atoms with Crippen molar-refractivity contribution in [1.29, 1.82) is 0 Å². The lowest BCUT2D eigenvalue weighted by atomic mass is 10.0. The van der Waals surface area contributed by atoms with Gasteiger partial charge in [0.25, 0.3) is 0 Å². The Hall–Kier alpha value is -1.68. The summed E-state index contributed by atoms with van der Waals surface area (Å²) in [6.45, 7) is 19.4. The molecule has 0 rings (SSSR count). The molecule has 0 aliphatic carbocycles. The molecule has 1 nitrogen and oxygen atoms in total. The van der Waals surface area contributed by atoms with Crippen LogP contribution in [0.1, 0.15) is 60.3 Å². The molecule has 0 aliphatic rings. The largest absolute Gasteiger partial charge is 0.339 e. The van der Waals surface area contributed by atoms with E-state index in [0.717, 1.165) is 43.5 Å². The summed E-state index contributed by atoms with van der Waals surface area (Å²) in [6, 6.07) is 0. The van der Waals surface area contributed by atoms with Crippen molar-refractivity contribution in [3.8, 4) is 0 Å². The van der Waals surface area contributed by atoms with Gasteiger partial charge in [-0.05, 0) is 39.7 Å². The van der Waals surface area contributed by atoms with Gasteiger partial charge in [0.15, 0.2) is 0 Å². The van der Waals surface area contributed by atoms with Crippen molar-refractivity contribution in [2.75, 3.05) is 6.54 Å². The molecule has 0 saturated heterocycles. The van der Waals surface area contributed by atoms with Crippen LogP contribution in [0.4, 0.5) is 0 Å². The Kier molecular flexibility index (Phi) is 10.1. The maximum atomic E-state index is 3.90. The van der Waals surface area contributed by atoms with Crippen LogP contribution in [-0.4, -0.2) is 11.4 Å². The van der Waals surface area contributed by atoms with Gasteiger partial charge in [-0.3, -0.25) is 0 Å². The fourth-order valence-electron chi connectivity index (χ4n) is 2.39. The highest BCUT2D eigenvalue weighted by atomic mass is 15.1. The zero-order valence-electron chi connectivity index (χ0n) is 14.6. The lowest BCUT2D eigenvalue weighted by molar-refractivity contribution is 0.458. The maximum absolute atomic E-state index is 3.90. The van der Waals surface area contributed by atoms with Gasteiger partial charge in [-0.2, -0.15) is 0 Å². The summed E-state index contributed by atoms with van der Waals surface area (Å²) in [6.07, 6.45) is 8.68. The van der Waals surface area contributed by atoms with Crippen LogP contribution in [0.3, 0.4) is 0 Å². The Bertz CT molecular complexity index is 478. The van der Waals surface area contributed by atoms with Gasteiger partial charge in [0.05, 0.1) is 5.70 Å². The second-order valence-electron chi connectivity index (χ2n) is 5.20. The molecular formula is C20H31N. The first-order chi connectivity index (χ1) is 10.1. The summed E-state index contributed by atoms with van der Waals surface area (Å²) in [5.41, 5.74) is 10.8. The Labute approximate surface area is 131 Å². The Morgan fingerprint density at radius 2 is 1.76 bits per heavy atom. The molecule has 0 aliphatic heterocycles. The molecule has 116 valence electrons. The van der Waals surface area contributed by atoms with Crippen LogP contribution in [0, 0.1) is 0 Å². The van der Waals surface area contributed by atoms with E-state index in [4.69, 9.17) is 0 Å². The van der Waals surface area contributed by atoms with Crippen molar-refractivity contribution in [3.63, 3.8) is 0 Å². The molecule has 1 heteroatoms. The molecule has 0 N–H and O–H groups in total. The summed E-state index contributed by atoms with van der Waals surface area (Å²) >= 11 is 0. The molecule has 0 spiro atoms. The maximum Gasteiger partial charge on any atom is 0.0914 e. The van der Waals surface area contributed by atoms with Crippen LogP contribution in [0.25, 0.3) is 0 Å². The van der Waals surface area contributed by atoms with Crippen molar-refractivity contribution in [1.82, 2.24) is 4.90 Å². The van der Waals surface area contributed by atoms with Crippen molar-refractivity contribution in [2.24, 2.45) is 0 Å². The van der Waals surface area contributed by atoms with Crippen LogP contribution < -0.4 is 0 Å². The first-order valence-electron chi connectivity index (χ1n) is 7.97. The van der Waals surface area contributed by atoms with E-state index in [-0.39, 0.29) is 0 Å². The number of hydrogen-bond donors (Lipinski definition) is 0. The summed E-state index contributed by atoms with van der Waals surface area (Å²) in [5, 5.41) is 0. The van der Waals surface area contributed by atoms with Crippen molar-refractivity contribution in [2.45, 2.75) is 60.3 Å². The lowest BCUT2D eigenvalue weighted by Crippen LogP contribution is -2.21. The van der Waals surface area contributed by atoms with Crippen LogP contribution in [0.5, 0.6) is 0 Å². The smallest absolute Gasteiger partial charge is 0.0914 e. The second-order valence-corrected chi connectivity index (χ2v) is 5.20. The summed E-state index contributed by atoms with van der Waals surface area (Å²) in [4.78, 5) is 2.27. The number of nitrogens with zero attached hydrogens (tertiary/aromatic N) is 1. The predicted octanol–water partition coefficient (Wildman–Crippen LogP) is 6.14. The van der Waals surface area contributed by atoms with Gasteiger partial charge >= 0.3 is 0 Å². The molecule has 0 amide bonds. The average Bonchev–Trinajstić information content (AvgIpc) is 2.48. The number of allylic oxidation sites excluding steroid dienone is 4. The standard InChI is InChI=1S/C20H31N/c1-8-13-16-18(7)21(12-5)20(11-4)19(15-10-3)17(6)14-9-2/h15-16H,3-4,8-9,12-14H2,1-2,5-7H3/b18-16+,19-17+. The molecule has 0 atom stereocenters. The van der Waals surface area contributed by atoms with Crippen LogP contribution in [0.15, 0.2) is 59.3 Å². The van der Waals surface area contributed by atoms with E-state index in [1.54, 1.807) is 0 Å². The SMILES string of the molecule is C=C=C/C(C(=C=C)N(CC)/C(C)=C/CCC)=C(/C)CCC. The van der Waals surface area contributed by atoms with Crippen molar-refractivity contribution in [3.05, 3.63) is 59.3 Å². The number of rotatable bonds is 9. The van der Waals surface area contributed by atoms with Gasteiger partial charge in [0.1, 0.15) is 0 Å². The van der Waals surface area contributed by atoms with Crippen LogP contribution in [0.2, 0.25) is 0 Å². The summed E-state index contributed by atoms with van der Waals surface area (Å²) in [5.74, 6) is 0. The van der Waals surface area contributed by atoms with E-state index < -0.39 is 0 Å². The third kappa shape index (κ3) is 6.08. The van der Waals surface area contributed by atoms with Gasteiger partial charge in [-0.25, -0.2) is 0 Å². The second kappa shape index (κ2) is 11.0. The summed E-state index contributed by atoms with van der Waals surface area (Å²) in [7, 11) is 0. The molecule has 0 radical (unpaired) electrons. The highest BCUT2D eigenvalue weighted by molar-refractivity contribution is 5.43. The molecule has 0 aromatic carbocycles. The minimum Gasteiger partial charge on any atom is -0.339 e. The fraction of sp³-hybridized carbons (Fsp3) is 0.500. The molecular weight excluding hydrogens is 254 g/mol. The molecule has 0 aromatic rings. The van der Waals surface area contributed by atoms with Crippen LogP contribution >= 0.6 is 0 Å². The Morgan fingerprint density at radius 3 is 2.19 bits per heavy atom. The van der Waals surface area contributed by atoms with Gasteiger partial charge < -0.3 is 4.90 Å². The van der Waals surface area contributed by atoms with E-state index >= 15 is 0 Å². The lowest BCUT2D eigenvalue weighted by Gasteiger charge is -2.27. The zero-order valence-corrected chi connectivity index (χ0v) is 14.6. The third-order valence-electron chi connectivity index (χ3n) is 3.49. The first kappa shape index (κ1) is 19.3. The molecule has 0 saturated carbocycles. The Morgan fingerprint density at radius 1 is 1.10 bits per heavy atom. The molecule has 0 unspecified atom stereocenters. The summed E-state index contributed by atoms with van der Waals surface area (Å²) < 4.78 is 0. The van der Waals surface area contributed by atoms with Gasteiger partial charge in [0.2, 0.25) is 0 Å². The molecule has 0 fully saturated rings. The minimum atomic E-state index is 0.901. The van der Waals surface area contributed by atoms with Gasteiger partial charge in [0, 0.05) is 17.8 Å². The zero-order chi connectivity index (χ0) is 16.3. The highest BCUT2D eigenvalue weighted by Crippen LogP contribution is 2.25. The number of unbranched alkanes of at least 4 members (excludes halogenated alkanes) is 1. The van der Waals surface area contributed by atoms with E-state index in [1.807, 2.05) is 6.08 Å². The monoisotopic (exact) mass is 285 g/mol. The molecule has 0 bridgehead atoms. The van der Waals surface area contributed by atoms with Gasteiger partial charge in [-0.1, -0.05) is 51.5 Å². The van der Waals surface area contributed by atoms with E-state index in [1.165, 1.54) is 11.3 Å². The Balaban J connectivity index is 5.78. The first-order valence-corrected chi connectivity index (χ1v) is 7.97. The molecule has 0 heterocycles. The van der Waals surface area contributed by atoms with Crippen molar-refractivity contribution >= 4 is 0 Å². The number of likely N-dealkylation sites (N-methyl/N-ethyl adjacent to an activating group) is 1. The van der Waals surface area contributed by atoms with Crippen LogP contribution in [-0.2, 0) is 0 Å². The molecule has 0 aromatic heterocycles. The van der Waals surface area contributed by atoms with E-state index in [9.17, 15) is 0 Å². The highest BCUT2D eigenvalue weighted by Gasteiger charge is 2.14. The predicted molar refractivity (Wildman–Crippen MR) is 95.0 cm³/mol. The van der Waals surface area contributed by atoms with Crippen molar-refractivity contribution < 1.29 is 0 Å². The van der Waals surface area contributed by atoms with Gasteiger partial charge in [-0.15, -0.1) is 11.5 Å². The van der Waals surface area contributed by atoms with E-state index in [2.05, 4.69) is 70.2 Å². The molecule has 21 heavy (non-hydrogen) atoms. The quantitative estimate of drug-likeness (QED) is 0.363. The van der Waals surface area contributed by atoms with E-state index in [0.29, 0.717) is 0 Å².